The molecular weight excluding hydrogens is 450 g/mol. The molecule has 0 aliphatic carbocycles. The lowest BCUT2D eigenvalue weighted by molar-refractivity contribution is -0.137. The zero-order valence-corrected chi connectivity index (χ0v) is 16.8. The number of aryl methyl sites for hydroxylation is 2. The predicted molar refractivity (Wildman–Crippen MR) is 108 cm³/mol. The van der Waals surface area contributed by atoms with E-state index >= 15 is 0 Å². The summed E-state index contributed by atoms with van der Waals surface area (Å²) in [6.07, 6.45) is -1.88. The number of nitrogens with one attached hydrogen (secondary N) is 1. The van der Waals surface area contributed by atoms with E-state index in [0.29, 0.717) is 17.9 Å². The molecule has 2 heterocycles. The van der Waals surface area contributed by atoms with E-state index in [1.54, 1.807) is 0 Å². The normalized spacial score (nSPS) is 14.9. The van der Waals surface area contributed by atoms with Crippen LogP contribution in [0.4, 0.5) is 23.4 Å². The first kappa shape index (κ1) is 19.8. The highest BCUT2D eigenvalue weighted by molar-refractivity contribution is 9.10. The molecule has 0 fully saturated rings. The highest BCUT2D eigenvalue weighted by Gasteiger charge is 2.38. The van der Waals surface area contributed by atoms with E-state index < -0.39 is 22.0 Å². The molecule has 0 amide bonds. The smallest absolute Gasteiger partial charge is 0.340 e. The van der Waals surface area contributed by atoms with Crippen molar-refractivity contribution < 1.29 is 17.6 Å². The van der Waals surface area contributed by atoms with Gasteiger partial charge in [0, 0.05) is 23.7 Å². The van der Waals surface area contributed by atoms with Gasteiger partial charge in [-0.2, -0.15) is 13.2 Å². The van der Waals surface area contributed by atoms with E-state index in [1.807, 2.05) is 24.3 Å². The van der Waals surface area contributed by atoms with Crippen LogP contribution in [-0.2, 0) is 19.0 Å². The molecular formula is C21H16BrF4N3. The third-order valence-electron chi connectivity index (χ3n) is 4.92. The van der Waals surface area contributed by atoms with Gasteiger partial charge in [-0.1, -0.05) is 30.8 Å². The highest BCUT2D eigenvalue weighted by atomic mass is 79.9. The Labute approximate surface area is 173 Å². The number of anilines is 1. The fraction of sp³-hybridized carbons (Fsp3) is 0.238. The molecule has 1 aliphatic rings. The Hall–Kier alpha value is -2.48. The van der Waals surface area contributed by atoms with Crippen molar-refractivity contribution >= 4 is 38.3 Å². The molecule has 3 nitrogen and oxygen atoms in total. The molecule has 0 atom stereocenters. The largest absolute Gasteiger partial charge is 0.418 e. The number of hydrogen-bond acceptors (Lipinski definition) is 3. The Bertz CT molecular complexity index is 1130. The Kier molecular flexibility index (Phi) is 5.06. The predicted octanol–water partition coefficient (Wildman–Crippen LogP) is 6.51. The fourth-order valence-electron chi connectivity index (χ4n) is 3.60. The second kappa shape index (κ2) is 7.40. The number of benzene rings is 2. The van der Waals surface area contributed by atoms with Gasteiger partial charge in [0.2, 0.25) is 0 Å². The summed E-state index contributed by atoms with van der Waals surface area (Å²) in [4.78, 5) is 8.56. The maximum atomic E-state index is 14.2. The maximum Gasteiger partial charge on any atom is 0.418 e. The molecule has 2 aromatic carbocycles. The molecule has 29 heavy (non-hydrogen) atoms. The minimum absolute atomic E-state index is 0.0280. The number of aromatic nitrogens is 2. The van der Waals surface area contributed by atoms with Crippen LogP contribution in [0.1, 0.15) is 35.4 Å². The fourth-order valence-corrected chi connectivity index (χ4v) is 4.14. The topological polar surface area (TPSA) is 37.8 Å². The van der Waals surface area contributed by atoms with E-state index in [-0.39, 0.29) is 16.7 Å². The molecule has 150 valence electrons. The average molecular weight is 466 g/mol. The van der Waals surface area contributed by atoms with Crippen molar-refractivity contribution in [2.24, 2.45) is 0 Å². The van der Waals surface area contributed by atoms with E-state index in [4.69, 9.17) is 0 Å². The molecule has 0 spiro atoms. The van der Waals surface area contributed by atoms with Crippen LogP contribution >= 0.6 is 15.9 Å². The number of halogens is 5. The number of alkyl halides is 3. The quantitative estimate of drug-likeness (QED) is 0.384. The molecule has 1 aliphatic heterocycles. The van der Waals surface area contributed by atoms with Gasteiger partial charge < -0.3 is 5.32 Å². The summed E-state index contributed by atoms with van der Waals surface area (Å²) in [5.74, 6) is -0.678. The Morgan fingerprint density at radius 2 is 1.79 bits per heavy atom. The summed E-state index contributed by atoms with van der Waals surface area (Å²) in [6.45, 7) is 4.01. The lowest BCUT2D eigenvalue weighted by atomic mass is 9.99. The number of nitrogens with zero attached hydrogens (tertiary/aromatic N) is 2. The highest BCUT2D eigenvalue weighted by Crippen LogP contribution is 2.43. The van der Waals surface area contributed by atoms with Crippen molar-refractivity contribution in [3.05, 3.63) is 69.7 Å². The van der Waals surface area contributed by atoms with Gasteiger partial charge in [0.15, 0.2) is 0 Å². The number of hydrogen-bond donors (Lipinski definition) is 1. The van der Waals surface area contributed by atoms with Crippen molar-refractivity contribution in [1.29, 1.82) is 0 Å². The minimum atomic E-state index is -4.80. The van der Waals surface area contributed by atoms with Crippen LogP contribution < -0.4 is 5.32 Å². The van der Waals surface area contributed by atoms with Crippen LogP contribution in [0.2, 0.25) is 0 Å². The standard InChI is InChI=1S/C21H16BrF4N3/c1-11-13-8-4-2-6-12(13)7-3-5-9-16-28-15-10-14(23)19(22)18(21(24,25)26)17(15)20(27-11)29-16/h2,4,6,8,10H,1,3,5,7,9H2,(H,27,28,29). The van der Waals surface area contributed by atoms with Crippen molar-refractivity contribution in [2.75, 3.05) is 5.32 Å². The lowest BCUT2D eigenvalue weighted by Gasteiger charge is -2.18. The van der Waals surface area contributed by atoms with Gasteiger partial charge in [-0.25, -0.2) is 14.4 Å². The SMILES string of the molecule is C=C1Nc2nc(nc3cc(F)c(Br)c(C(F)(F)F)c23)CCCCc2ccccc21. The second-order valence-electron chi connectivity index (χ2n) is 6.90. The molecule has 0 radical (unpaired) electrons. The van der Waals surface area contributed by atoms with Crippen molar-refractivity contribution in [3.63, 3.8) is 0 Å². The van der Waals surface area contributed by atoms with Crippen LogP contribution in [-0.4, -0.2) is 9.97 Å². The lowest BCUT2D eigenvalue weighted by Crippen LogP contribution is -2.13. The Morgan fingerprint density at radius 1 is 1.07 bits per heavy atom. The van der Waals surface area contributed by atoms with Crippen LogP contribution in [0.3, 0.4) is 0 Å². The van der Waals surface area contributed by atoms with Crippen LogP contribution in [0.25, 0.3) is 16.6 Å². The molecule has 1 aromatic heterocycles. The molecule has 8 heteroatoms. The summed E-state index contributed by atoms with van der Waals surface area (Å²) in [6, 6.07) is 8.62. The second-order valence-corrected chi connectivity index (χ2v) is 7.69. The monoisotopic (exact) mass is 465 g/mol. The molecule has 4 rings (SSSR count). The first-order chi connectivity index (χ1) is 13.8. The van der Waals surface area contributed by atoms with Gasteiger partial charge in [0.25, 0.3) is 0 Å². The van der Waals surface area contributed by atoms with Gasteiger partial charge in [-0.15, -0.1) is 0 Å². The van der Waals surface area contributed by atoms with Gasteiger partial charge in [-0.05, 0) is 40.8 Å². The zero-order valence-electron chi connectivity index (χ0n) is 15.2. The molecule has 0 saturated heterocycles. The first-order valence-corrected chi connectivity index (χ1v) is 9.85. The molecule has 1 N–H and O–H groups in total. The third-order valence-corrected chi connectivity index (χ3v) is 5.69. The van der Waals surface area contributed by atoms with Crippen molar-refractivity contribution in [2.45, 2.75) is 31.9 Å². The number of rotatable bonds is 0. The summed E-state index contributed by atoms with van der Waals surface area (Å²) >= 11 is 2.75. The Morgan fingerprint density at radius 3 is 2.55 bits per heavy atom. The van der Waals surface area contributed by atoms with Gasteiger partial charge >= 0.3 is 6.18 Å². The maximum absolute atomic E-state index is 14.2. The van der Waals surface area contributed by atoms with E-state index in [2.05, 4.69) is 37.8 Å². The summed E-state index contributed by atoms with van der Waals surface area (Å²) in [7, 11) is 0. The van der Waals surface area contributed by atoms with Crippen LogP contribution in [0, 0.1) is 5.82 Å². The van der Waals surface area contributed by atoms with E-state index in [1.165, 1.54) is 0 Å². The van der Waals surface area contributed by atoms with Gasteiger partial charge in [0.05, 0.1) is 20.9 Å². The van der Waals surface area contributed by atoms with Crippen LogP contribution in [0.5, 0.6) is 0 Å². The molecule has 3 aromatic rings. The van der Waals surface area contributed by atoms with Crippen molar-refractivity contribution in [3.8, 4) is 0 Å². The minimum Gasteiger partial charge on any atom is -0.340 e. The van der Waals surface area contributed by atoms with E-state index in [0.717, 1.165) is 36.5 Å². The van der Waals surface area contributed by atoms with Crippen LogP contribution in [0.15, 0.2) is 41.4 Å². The summed E-state index contributed by atoms with van der Waals surface area (Å²) in [5.41, 5.74) is 1.07. The van der Waals surface area contributed by atoms with Crippen molar-refractivity contribution in [1.82, 2.24) is 9.97 Å². The molecule has 2 bridgehead atoms. The van der Waals surface area contributed by atoms with Gasteiger partial charge in [0.1, 0.15) is 17.5 Å². The summed E-state index contributed by atoms with van der Waals surface area (Å²) in [5, 5.41) is 2.66. The summed E-state index contributed by atoms with van der Waals surface area (Å²) < 4.78 is 55.0. The van der Waals surface area contributed by atoms with E-state index in [9.17, 15) is 17.6 Å². The first-order valence-electron chi connectivity index (χ1n) is 9.05. The van der Waals surface area contributed by atoms with Gasteiger partial charge in [-0.3, -0.25) is 0 Å². The molecule has 0 saturated carbocycles. The zero-order chi connectivity index (χ0) is 20.8. The average Bonchev–Trinajstić information content (AvgIpc) is 2.67. The Balaban J connectivity index is 1.99. The third kappa shape index (κ3) is 3.73. The number of fused-ring (bicyclic) bond motifs is 5. The molecule has 0 unspecified atom stereocenters.